The first-order chi connectivity index (χ1) is 23.5. The molecule has 0 bridgehead atoms. The van der Waals surface area contributed by atoms with Crippen LogP contribution in [0.5, 0.6) is 0 Å². The van der Waals surface area contributed by atoms with E-state index in [0.29, 0.717) is 24.3 Å². The monoisotopic (exact) mass is 710 g/mol. The second-order valence-electron chi connectivity index (χ2n) is 16.0. The van der Waals surface area contributed by atoms with Crippen LogP contribution in [0.15, 0.2) is 29.4 Å². The van der Waals surface area contributed by atoms with Gasteiger partial charge in [-0.05, 0) is 68.9 Å². The lowest BCUT2D eigenvalue weighted by Gasteiger charge is -2.40. The molecule has 5 atom stereocenters. The van der Waals surface area contributed by atoms with Crippen LogP contribution in [0.25, 0.3) is 0 Å². The van der Waals surface area contributed by atoms with Gasteiger partial charge in [-0.25, -0.2) is 9.78 Å². The van der Waals surface area contributed by atoms with E-state index in [1.54, 1.807) is 24.4 Å². The fraction of sp³-hybridized carbons (Fsp3) is 0.676. The number of nitrogens with two attached hydrogens (primary N) is 1. The summed E-state index contributed by atoms with van der Waals surface area (Å²) in [6.45, 7) is 9.40. The molecule has 274 valence electrons. The molecule has 4 rings (SSSR count). The minimum atomic E-state index is -1.46. The maximum atomic E-state index is 14.6. The third kappa shape index (κ3) is 9.50. The van der Waals surface area contributed by atoms with Gasteiger partial charge in [-0.1, -0.05) is 65.4 Å². The van der Waals surface area contributed by atoms with Crippen LogP contribution in [0.1, 0.15) is 98.8 Å². The zero-order valence-corrected chi connectivity index (χ0v) is 30.9. The number of nitrogens with zero attached hydrogens (tertiary/aromatic N) is 2. The van der Waals surface area contributed by atoms with Crippen LogP contribution in [0.2, 0.25) is 0 Å². The summed E-state index contributed by atoms with van der Waals surface area (Å²) in [5.41, 5.74) is 3.15. The quantitative estimate of drug-likeness (QED) is 0.179. The molecule has 1 saturated heterocycles. The average molecular weight is 711 g/mol. The molecule has 0 spiro atoms. The number of ketones is 1. The number of rotatable bonds is 13. The van der Waals surface area contributed by atoms with Crippen molar-refractivity contribution in [3.05, 3.63) is 24.4 Å². The average Bonchev–Trinajstić information content (AvgIpc) is 3.51. The van der Waals surface area contributed by atoms with Crippen LogP contribution in [0.4, 0.5) is 4.79 Å². The lowest BCUT2D eigenvalue weighted by molar-refractivity contribution is -0.143. The Kier molecular flexibility index (Phi) is 12.5. The number of amides is 5. The van der Waals surface area contributed by atoms with E-state index in [2.05, 4.69) is 26.9 Å². The van der Waals surface area contributed by atoms with Gasteiger partial charge >= 0.3 is 6.03 Å². The minimum absolute atomic E-state index is 0.161. The van der Waals surface area contributed by atoms with Crippen LogP contribution in [0, 0.1) is 35.0 Å². The number of likely N-dealkylation sites (tertiary alicyclic amines) is 1. The second-order valence-corrected chi connectivity index (χ2v) is 17.4. The normalized spacial score (nSPS) is 22.6. The Morgan fingerprint density at radius 3 is 2.28 bits per heavy atom. The summed E-state index contributed by atoms with van der Waals surface area (Å²) >= 11 is 0. The lowest BCUT2D eigenvalue weighted by Crippen LogP contribution is -2.63. The molecule has 1 aromatic rings. The molecular formula is C37H54N6O6S. The van der Waals surface area contributed by atoms with Crippen molar-refractivity contribution >= 4 is 40.3 Å². The smallest absolute Gasteiger partial charge is 0.315 e. The molecule has 3 aliphatic rings. The summed E-state index contributed by atoms with van der Waals surface area (Å²) in [7, 11) is -1.46. The molecular weight excluding hydrogens is 657 g/mol. The zero-order chi connectivity index (χ0) is 36.9. The highest BCUT2D eigenvalue weighted by Gasteiger charge is 2.49. The van der Waals surface area contributed by atoms with Crippen LogP contribution >= 0.6 is 0 Å². The van der Waals surface area contributed by atoms with Gasteiger partial charge in [-0.3, -0.25) is 23.4 Å². The van der Waals surface area contributed by atoms with Gasteiger partial charge in [-0.2, -0.15) is 0 Å². The molecule has 0 radical (unpaired) electrons. The highest BCUT2D eigenvalue weighted by Crippen LogP contribution is 2.39. The van der Waals surface area contributed by atoms with Gasteiger partial charge in [0.15, 0.2) is 0 Å². The molecule has 0 aromatic carbocycles. The predicted molar refractivity (Wildman–Crippen MR) is 191 cm³/mol. The largest absolute Gasteiger partial charge is 0.363 e. The third-order valence-corrected chi connectivity index (χ3v) is 12.3. The molecule has 1 aliphatic heterocycles. The molecule has 2 aliphatic carbocycles. The summed E-state index contributed by atoms with van der Waals surface area (Å²) in [4.78, 5) is 72.7. The molecule has 5 N–H and O–H groups in total. The molecule has 12 nitrogen and oxygen atoms in total. The fourth-order valence-corrected chi connectivity index (χ4v) is 8.68. The lowest BCUT2D eigenvalue weighted by atomic mass is 9.78. The first kappa shape index (κ1) is 39.0. The third-order valence-electron chi connectivity index (χ3n) is 10.8. The first-order valence-electron chi connectivity index (χ1n) is 17.8. The van der Waals surface area contributed by atoms with E-state index < -0.39 is 74.8 Å². The Bertz CT molecular complexity index is 1490. The van der Waals surface area contributed by atoms with E-state index in [0.717, 1.165) is 38.5 Å². The SMILES string of the molecule is C#CC(C)(C)[C@@H]1C[C@@H](C(=O)NC(CC2CCC2)C(=O)C(N)=O)N(C(=O)[C@@H](NC(=O)NC2(CS(=O)c3ccccn3)CCCCC2)C(C)(C)C)C1. The number of urea groups is 1. The van der Waals surface area contributed by atoms with Crippen molar-refractivity contribution in [3.63, 3.8) is 0 Å². The van der Waals surface area contributed by atoms with Crippen molar-refractivity contribution in [3.8, 4) is 12.3 Å². The molecule has 1 aromatic heterocycles. The number of Topliss-reactive ketones (excluding diaryl/α,β-unsaturated/α-hetero) is 1. The predicted octanol–water partition coefficient (Wildman–Crippen LogP) is 3.21. The number of terminal acetylenes is 1. The maximum absolute atomic E-state index is 14.6. The van der Waals surface area contributed by atoms with Gasteiger partial charge in [0.25, 0.3) is 5.91 Å². The van der Waals surface area contributed by atoms with Gasteiger partial charge in [0, 0.05) is 18.2 Å². The van der Waals surface area contributed by atoms with E-state index in [1.807, 2.05) is 34.6 Å². The Balaban J connectivity index is 1.57. The van der Waals surface area contributed by atoms with Crippen LogP contribution in [-0.4, -0.2) is 79.6 Å². The number of aromatic nitrogens is 1. The van der Waals surface area contributed by atoms with Crippen LogP contribution < -0.4 is 21.7 Å². The molecule has 2 unspecified atom stereocenters. The molecule has 2 saturated carbocycles. The van der Waals surface area contributed by atoms with Crippen molar-refractivity contribution in [2.75, 3.05) is 12.3 Å². The van der Waals surface area contributed by atoms with Crippen molar-refractivity contribution in [2.45, 2.75) is 128 Å². The number of pyridine rings is 1. The Hall–Kier alpha value is -3.79. The Labute approximate surface area is 298 Å². The van der Waals surface area contributed by atoms with E-state index in [4.69, 9.17) is 12.2 Å². The summed E-state index contributed by atoms with van der Waals surface area (Å²) in [5, 5.41) is 9.22. The van der Waals surface area contributed by atoms with Gasteiger partial charge < -0.3 is 26.6 Å². The molecule has 3 fully saturated rings. The number of carbonyl (C=O) groups is 5. The van der Waals surface area contributed by atoms with E-state index >= 15 is 0 Å². The fourth-order valence-electron chi connectivity index (χ4n) is 7.26. The summed E-state index contributed by atoms with van der Waals surface area (Å²) in [5.74, 6) is -0.103. The van der Waals surface area contributed by atoms with E-state index in [9.17, 15) is 28.2 Å². The van der Waals surface area contributed by atoms with Crippen molar-refractivity contribution in [1.82, 2.24) is 25.8 Å². The van der Waals surface area contributed by atoms with Crippen molar-refractivity contribution in [2.24, 2.45) is 28.4 Å². The zero-order valence-electron chi connectivity index (χ0n) is 30.1. The van der Waals surface area contributed by atoms with Crippen LogP contribution in [-0.2, 0) is 30.0 Å². The standard InChI is InChI=1S/C37H54N6O6S/c1-7-36(5,6)25-21-27(32(46)40-26(29(44)31(38)45)20-24-14-13-15-24)43(22-25)33(47)30(35(2,3)4)41-34(48)42-37(17-10-8-11-18-37)23-50(49)28-16-9-12-19-39-28/h1,9,12,16,19,24-27,30H,8,10-11,13-15,17-18,20-23H2,2-6H3,(H2,38,45)(H,40,46)(H2,41,42,48)/t25-,26?,27+,30-,50?/m1/s1. The highest BCUT2D eigenvalue weighted by molar-refractivity contribution is 7.85. The van der Waals surface area contributed by atoms with Gasteiger partial charge in [0.2, 0.25) is 17.6 Å². The number of hydrogen-bond donors (Lipinski definition) is 4. The molecule has 5 amide bonds. The minimum Gasteiger partial charge on any atom is -0.363 e. The second kappa shape index (κ2) is 16.0. The number of hydrogen-bond acceptors (Lipinski definition) is 7. The Morgan fingerprint density at radius 1 is 1.06 bits per heavy atom. The Morgan fingerprint density at radius 2 is 1.74 bits per heavy atom. The van der Waals surface area contributed by atoms with Gasteiger partial charge in [-0.15, -0.1) is 12.3 Å². The molecule has 13 heteroatoms. The highest BCUT2D eigenvalue weighted by atomic mass is 32.2. The summed E-state index contributed by atoms with van der Waals surface area (Å²) in [6.07, 6.45) is 14.8. The topological polar surface area (TPSA) is 181 Å². The van der Waals surface area contributed by atoms with Crippen molar-refractivity contribution < 1.29 is 28.2 Å². The van der Waals surface area contributed by atoms with Crippen LogP contribution in [0.3, 0.4) is 0 Å². The molecule has 50 heavy (non-hydrogen) atoms. The number of nitrogens with one attached hydrogen (secondary N) is 3. The van der Waals surface area contributed by atoms with Gasteiger partial charge in [0.05, 0.1) is 28.1 Å². The summed E-state index contributed by atoms with van der Waals surface area (Å²) < 4.78 is 13.4. The number of primary amides is 1. The first-order valence-corrected chi connectivity index (χ1v) is 19.1. The van der Waals surface area contributed by atoms with Gasteiger partial charge in [0.1, 0.15) is 17.1 Å². The molecule has 2 heterocycles. The van der Waals surface area contributed by atoms with Crippen molar-refractivity contribution in [1.29, 1.82) is 0 Å². The van der Waals surface area contributed by atoms with E-state index in [1.165, 1.54) is 4.90 Å². The summed E-state index contributed by atoms with van der Waals surface area (Å²) in [6, 6.07) is 1.54. The number of carbonyl (C=O) groups excluding carboxylic acids is 5. The maximum Gasteiger partial charge on any atom is 0.315 e. The van der Waals surface area contributed by atoms with E-state index in [-0.39, 0.29) is 30.6 Å².